The standard InChI is InChI=1S/C25H33F3N6O2/c1-6-17(3)33-12-14-34(15-13-33)24(35)18(4)30-23-22(31-21(32(23)5)16-29-7-2)19-8-10-20(11-9-19)36-25(26,27)28/h7-11,16-18,30H,2,6,12-15H2,1,3-5H3. The minimum absolute atomic E-state index is 0.0267. The second-order valence-corrected chi connectivity index (χ2v) is 8.74. The molecule has 1 N–H and O–H groups in total. The smallest absolute Gasteiger partial charge is 0.406 e. The lowest BCUT2D eigenvalue weighted by Crippen LogP contribution is -2.54. The lowest BCUT2D eigenvalue weighted by atomic mass is 10.1. The van der Waals surface area contributed by atoms with Crippen LogP contribution in [0.2, 0.25) is 0 Å². The molecule has 1 fully saturated rings. The fourth-order valence-electron chi connectivity index (χ4n) is 4.11. The topological polar surface area (TPSA) is 75.0 Å². The van der Waals surface area contributed by atoms with Crippen LogP contribution >= 0.6 is 0 Å². The van der Waals surface area contributed by atoms with Gasteiger partial charge in [-0.3, -0.25) is 14.7 Å². The molecule has 1 aromatic heterocycles. The highest BCUT2D eigenvalue weighted by Gasteiger charge is 2.31. The number of carbonyl (C=O) groups excluding carboxylic acids is 1. The second-order valence-electron chi connectivity index (χ2n) is 8.74. The van der Waals surface area contributed by atoms with Crippen LogP contribution in [-0.4, -0.2) is 76.1 Å². The van der Waals surface area contributed by atoms with Crippen molar-refractivity contribution in [3.8, 4) is 17.0 Å². The van der Waals surface area contributed by atoms with E-state index in [9.17, 15) is 18.0 Å². The van der Waals surface area contributed by atoms with Gasteiger partial charge in [0.1, 0.15) is 23.3 Å². The van der Waals surface area contributed by atoms with Crippen molar-refractivity contribution in [2.45, 2.75) is 45.6 Å². The van der Waals surface area contributed by atoms with E-state index in [2.05, 4.69) is 45.4 Å². The van der Waals surface area contributed by atoms with Crippen molar-refractivity contribution in [1.82, 2.24) is 19.4 Å². The molecule has 0 radical (unpaired) electrons. The highest BCUT2D eigenvalue weighted by molar-refractivity contribution is 5.87. The number of aromatic nitrogens is 2. The minimum atomic E-state index is -4.77. The van der Waals surface area contributed by atoms with Gasteiger partial charge in [0.25, 0.3) is 0 Å². The molecule has 8 nitrogen and oxygen atoms in total. The molecule has 0 saturated carbocycles. The lowest BCUT2D eigenvalue weighted by Gasteiger charge is -2.38. The van der Waals surface area contributed by atoms with E-state index >= 15 is 0 Å². The molecule has 2 aromatic rings. The Balaban J connectivity index is 1.82. The predicted octanol–water partition coefficient (Wildman–Crippen LogP) is 4.29. The first kappa shape index (κ1) is 27.3. The molecule has 1 amide bonds. The monoisotopic (exact) mass is 506 g/mol. The number of hydrogen-bond acceptors (Lipinski definition) is 6. The quantitative estimate of drug-likeness (QED) is 0.514. The number of benzene rings is 1. The highest BCUT2D eigenvalue weighted by atomic mass is 19.4. The molecule has 1 aliphatic heterocycles. The third-order valence-corrected chi connectivity index (χ3v) is 6.35. The SMILES string of the molecule is C=CN=Cc1nc(-c2ccc(OC(F)(F)F)cc2)c(NC(C)C(=O)N2CCN(C(C)CC)CC2)n1C. The average molecular weight is 507 g/mol. The van der Waals surface area contributed by atoms with E-state index in [4.69, 9.17) is 0 Å². The maximum Gasteiger partial charge on any atom is 0.573 e. The number of anilines is 1. The highest BCUT2D eigenvalue weighted by Crippen LogP contribution is 2.31. The zero-order chi connectivity index (χ0) is 26.5. The minimum Gasteiger partial charge on any atom is -0.406 e. The molecule has 2 atom stereocenters. The van der Waals surface area contributed by atoms with E-state index in [1.165, 1.54) is 36.7 Å². The number of alkyl halides is 3. The summed E-state index contributed by atoms with van der Waals surface area (Å²) in [6, 6.07) is 5.37. The molecule has 0 aliphatic carbocycles. The summed E-state index contributed by atoms with van der Waals surface area (Å²) in [5.74, 6) is 0.681. The van der Waals surface area contributed by atoms with Crippen molar-refractivity contribution in [1.29, 1.82) is 0 Å². The van der Waals surface area contributed by atoms with Gasteiger partial charge in [-0.2, -0.15) is 0 Å². The third-order valence-electron chi connectivity index (χ3n) is 6.35. The van der Waals surface area contributed by atoms with Crippen LogP contribution in [0.4, 0.5) is 19.0 Å². The summed E-state index contributed by atoms with van der Waals surface area (Å²) < 4.78 is 43.4. The second kappa shape index (κ2) is 11.6. The van der Waals surface area contributed by atoms with Crippen LogP contribution in [0.1, 0.15) is 33.0 Å². The zero-order valence-electron chi connectivity index (χ0n) is 21.0. The van der Waals surface area contributed by atoms with Crippen LogP contribution in [0.5, 0.6) is 5.75 Å². The zero-order valence-corrected chi connectivity index (χ0v) is 21.0. The number of ether oxygens (including phenoxy) is 1. The van der Waals surface area contributed by atoms with Crippen molar-refractivity contribution in [2.75, 3.05) is 31.5 Å². The summed E-state index contributed by atoms with van der Waals surface area (Å²) in [7, 11) is 1.77. The third kappa shape index (κ3) is 6.66. The van der Waals surface area contributed by atoms with E-state index in [1.54, 1.807) is 18.5 Å². The molecular formula is C25H33F3N6O2. The Kier molecular flexibility index (Phi) is 8.78. The van der Waals surface area contributed by atoms with E-state index in [0.717, 1.165) is 19.5 Å². The van der Waals surface area contributed by atoms with Crippen molar-refractivity contribution in [3.05, 3.63) is 42.9 Å². The Labute approximate surface area is 209 Å². The Bertz CT molecular complexity index is 1070. The number of rotatable bonds is 9. The lowest BCUT2D eigenvalue weighted by molar-refractivity contribution is -0.274. The summed E-state index contributed by atoms with van der Waals surface area (Å²) in [6.07, 6.45) is -0.821. The summed E-state index contributed by atoms with van der Waals surface area (Å²) >= 11 is 0. The summed E-state index contributed by atoms with van der Waals surface area (Å²) in [6.45, 7) is 12.7. The van der Waals surface area contributed by atoms with Gasteiger partial charge in [-0.1, -0.05) is 13.5 Å². The molecule has 1 saturated heterocycles. The number of halogens is 3. The predicted molar refractivity (Wildman–Crippen MR) is 134 cm³/mol. The first-order valence-corrected chi connectivity index (χ1v) is 11.9. The Morgan fingerprint density at radius 2 is 1.86 bits per heavy atom. The van der Waals surface area contributed by atoms with Crippen molar-refractivity contribution >= 4 is 17.9 Å². The van der Waals surface area contributed by atoms with Crippen LogP contribution in [0.3, 0.4) is 0 Å². The van der Waals surface area contributed by atoms with Crippen molar-refractivity contribution in [3.63, 3.8) is 0 Å². The number of piperazine rings is 1. The fourth-order valence-corrected chi connectivity index (χ4v) is 4.11. The van der Waals surface area contributed by atoms with Gasteiger partial charge in [0.05, 0.1) is 6.21 Å². The van der Waals surface area contributed by atoms with E-state index < -0.39 is 12.4 Å². The van der Waals surface area contributed by atoms with Gasteiger partial charge in [-0.25, -0.2) is 4.98 Å². The van der Waals surface area contributed by atoms with Gasteiger partial charge < -0.3 is 19.5 Å². The first-order chi connectivity index (χ1) is 17.0. The molecule has 196 valence electrons. The average Bonchev–Trinajstić information content (AvgIpc) is 3.16. The van der Waals surface area contributed by atoms with Crippen molar-refractivity contribution in [2.24, 2.45) is 12.0 Å². The van der Waals surface area contributed by atoms with Gasteiger partial charge in [0.2, 0.25) is 5.91 Å². The molecule has 36 heavy (non-hydrogen) atoms. The van der Waals surface area contributed by atoms with Crippen LogP contribution in [-0.2, 0) is 11.8 Å². The normalized spacial score (nSPS) is 16.7. The number of nitrogens with zero attached hydrogens (tertiary/aromatic N) is 5. The molecule has 2 heterocycles. The van der Waals surface area contributed by atoms with Crippen LogP contribution < -0.4 is 10.1 Å². The van der Waals surface area contributed by atoms with Crippen LogP contribution in [0, 0.1) is 0 Å². The molecule has 1 aliphatic rings. The van der Waals surface area contributed by atoms with Gasteiger partial charge in [-0.05, 0) is 44.5 Å². The number of hydrogen-bond donors (Lipinski definition) is 1. The fraction of sp³-hybridized carbons (Fsp3) is 0.480. The number of carbonyl (C=O) groups is 1. The number of imidazole rings is 1. The Morgan fingerprint density at radius 3 is 2.42 bits per heavy atom. The maximum atomic E-state index is 13.2. The molecule has 3 rings (SSSR count). The van der Waals surface area contributed by atoms with Crippen molar-refractivity contribution < 1.29 is 22.7 Å². The van der Waals surface area contributed by atoms with Gasteiger partial charge >= 0.3 is 6.36 Å². The largest absolute Gasteiger partial charge is 0.573 e. The maximum absolute atomic E-state index is 13.2. The number of aliphatic imine (C=N–C) groups is 1. The molecule has 0 bridgehead atoms. The molecular weight excluding hydrogens is 473 g/mol. The van der Waals surface area contributed by atoms with E-state index in [0.29, 0.717) is 42.0 Å². The molecule has 1 aromatic carbocycles. The van der Waals surface area contributed by atoms with Gasteiger partial charge in [0, 0.05) is 51.0 Å². The number of amides is 1. The first-order valence-electron chi connectivity index (χ1n) is 11.9. The molecule has 11 heteroatoms. The molecule has 0 spiro atoms. The van der Waals surface area contributed by atoms with Gasteiger partial charge in [0.15, 0.2) is 5.82 Å². The van der Waals surface area contributed by atoms with Crippen LogP contribution in [0.25, 0.3) is 11.3 Å². The summed E-state index contributed by atoms with van der Waals surface area (Å²) in [5, 5.41) is 3.27. The molecule has 2 unspecified atom stereocenters. The van der Waals surface area contributed by atoms with E-state index in [-0.39, 0.29) is 11.7 Å². The summed E-state index contributed by atoms with van der Waals surface area (Å²) in [5.41, 5.74) is 1.03. The Morgan fingerprint density at radius 1 is 1.22 bits per heavy atom. The summed E-state index contributed by atoms with van der Waals surface area (Å²) in [4.78, 5) is 26.1. The van der Waals surface area contributed by atoms with Gasteiger partial charge in [-0.15, -0.1) is 13.2 Å². The van der Waals surface area contributed by atoms with Crippen LogP contribution in [0.15, 0.2) is 42.0 Å². The Hall–Kier alpha value is -3.34. The number of nitrogens with one attached hydrogen (secondary N) is 1. The van der Waals surface area contributed by atoms with E-state index in [1.807, 2.05) is 4.90 Å².